The molecular weight excluding hydrogens is 533 g/mol. The minimum absolute atomic E-state index is 0.120. The Morgan fingerprint density at radius 1 is 1.03 bits per heavy atom. The Morgan fingerprint density at radius 2 is 1.82 bits per heavy atom. The van der Waals surface area contributed by atoms with Crippen LogP contribution in [0.15, 0.2) is 83.1 Å². The molecule has 0 bridgehead atoms. The number of carbonyl (C=O) groups excluding carboxylic acids is 1. The molecule has 0 aliphatic carbocycles. The number of nitrogens with one attached hydrogen (secondary N) is 1. The molecule has 0 radical (unpaired) electrons. The van der Waals surface area contributed by atoms with E-state index in [2.05, 4.69) is 5.32 Å². The number of halogens is 3. The average molecular weight is 559 g/mol. The van der Waals surface area contributed by atoms with Crippen LogP contribution in [-0.4, -0.2) is 27.0 Å². The summed E-state index contributed by atoms with van der Waals surface area (Å²) in [6, 6.07) is 21.4. The number of rotatable bonds is 8. The smallest absolute Gasteiger partial charge is 0.416 e. The molecule has 2 atom stereocenters. The number of hydrogen-bond donors (Lipinski definition) is 1. The summed E-state index contributed by atoms with van der Waals surface area (Å²) < 4.78 is 60.9. The highest BCUT2D eigenvalue weighted by atomic mass is 32.2. The molecule has 1 amide bonds. The minimum atomic E-state index is -4.37. The molecule has 0 spiro atoms. The van der Waals surface area contributed by atoms with Crippen LogP contribution in [-0.2, 0) is 35.1 Å². The molecule has 4 aromatic rings. The van der Waals surface area contributed by atoms with Crippen LogP contribution in [0.2, 0.25) is 0 Å². The van der Waals surface area contributed by atoms with E-state index >= 15 is 0 Å². The molecule has 198 valence electrons. The monoisotopic (exact) mass is 558 g/mol. The number of amides is 1. The van der Waals surface area contributed by atoms with Crippen LogP contribution in [0.5, 0.6) is 5.75 Å². The lowest BCUT2D eigenvalue weighted by molar-refractivity contribution is -0.137. The summed E-state index contributed by atoms with van der Waals surface area (Å²) in [6.07, 6.45) is -2.94. The zero-order chi connectivity index (χ0) is 26.7. The SMILES string of the molecule is O=C(NCc1cccc(OCc2ccc(C(F)(F)F)cc2)c1)[C@@H]1CCCN1S(=O)c1cc2ccccc2s1. The third kappa shape index (κ3) is 6.09. The van der Waals surface area contributed by atoms with E-state index in [9.17, 15) is 22.2 Å². The Labute approximate surface area is 224 Å². The molecule has 1 aliphatic rings. The largest absolute Gasteiger partial charge is 0.489 e. The number of benzene rings is 3. The highest BCUT2D eigenvalue weighted by Gasteiger charge is 2.35. The van der Waals surface area contributed by atoms with E-state index in [-0.39, 0.29) is 19.1 Å². The molecule has 1 saturated heterocycles. The summed E-state index contributed by atoms with van der Waals surface area (Å²) >= 11 is 1.49. The normalized spacial score (nSPS) is 17.0. The third-order valence-corrected chi connectivity index (χ3v) is 9.26. The van der Waals surface area contributed by atoms with Gasteiger partial charge in [0.1, 0.15) is 33.6 Å². The first kappa shape index (κ1) is 26.4. The van der Waals surface area contributed by atoms with Gasteiger partial charge in [-0.2, -0.15) is 13.2 Å². The van der Waals surface area contributed by atoms with Gasteiger partial charge in [-0.3, -0.25) is 4.79 Å². The Balaban J connectivity index is 1.17. The highest BCUT2D eigenvalue weighted by Crippen LogP contribution is 2.32. The van der Waals surface area contributed by atoms with Crippen molar-refractivity contribution in [3.63, 3.8) is 0 Å². The van der Waals surface area contributed by atoms with E-state index in [1.165, 1.54) is 23.5 Å². The predicted octanol–water partition coefficient (Wildman–Crippen LogP) is 6.30. The maximum Gasteiger partial charge on any atom is 0.416 e. The van der Waals surface area contributed by atoms with Gasteiger partial charge >= 0.3 is 6.18 Å². The van der Waals surface area contributed by atoms with E-state index in [0.29, 0.717) is 24.3 Å². The fraction of sp³-hybridized carbons (Fsp3) is 0.250. The Hall–Kier alpha value is -3.21. The second kappa shape index (κ2) is 11.3. The Bertz CT molecular complexity index is 1420. The van der Waals surface area contributed by atoms with Gasteiger partial charge in [-0.25, -0.2) is 8.51 Å². The molecule has 1 N–H and O–H groups in total. The van der Waals surface area contributed by atoms with E-state index in [0.717, 1.165) is 38.4 Å². The summed E-state index contributed by atoms with van der Waals surface area (Å²) in [5, 5.41) is 3.99. The Morgan fingerprint density at radius 3 is 2.58 bits per heavy atom. The standard InChI is InChI=1S/C28H25F3N2O3S2/c29-28(30,31)22-12-10-19(11-13-22)18-36-23-7-3-5-20(15-23)17-32-27(34)24-8-4-14-33(24)38(35)26-16-21-6-1-2-9-25(21)37-26/h1-3,5-7,9-13,15-16,24H,4,8,14,17-18H2,(H,32,34)/t24-,38?/m0/s1. The lowest BCUT2D eigenvalue weighted by Crippen LogP contribution is -2.43. The summed E-state index contributed by atoms with van der Waals surface area (Å²) in [5.74, 6) is 0.373. The molecule has 5 nitrogen and oxygen atoms in total. The number of alkyl halides is 3. The molecule has 1 aromatic heterocycles. The van der Waals surface area contributed by atoms with Crippen LogP contribution in [0.4, 0.5) is 13.2 Å². The van der Waals surface area contributed by atoms with Crippen LogP contribution in [0, 0.1) is 0 Å². The van der Waals surface area contributed by atoms with Crippen LogP contribution < -0.4 is 10.1 Å². The van der Waals surface area contributed by atoms with Gasteiger partial charge < -0.3 is 10.1 Å². The molecule has 3 aromatic carbocycles. The summed E-state index contributed by atoms with van der Waals surface area (Å²) in [4.78, 5) is 13.0. The molecule has 0 saturated carbocycles. The van der Waals surface area contributed by atoms with E-state index in [1.807, 2.05) is 36.4 Å². The number of carbonyl (C=O) groups is 1. The predicted molar refractivity (Wildman–Crippen MR) is 142 cm³/mol. The van der Waals surface area contributed by atoms with Gasteiger partial charge in [-0.15, -0.1) is 11.3 Å². The lowest BCUT2D eigenvalue weighted by Gasteiger charge is -2.22. The average Bonchev–Trinajstić information content (AvgIpc) is 3.58. The van der Waals surface area contributed by atoms with Crippen molar-refractivity contribution in [2.45, 2.75) is 42.4 Å². The molecule has 5 rings (SSSR count). The maximum absolute atomic E-state index is 13.3. The van der Waals surface area contributed by atoms with Crippen molar-refractivity contribution in [2.24, 2.45) is 0 Å². The number of ether oxygens (including phenoxy) is 1. The first-order valence-corrected chi connectivity index (χ1v) is 14.0. The van der Waals surface area contributed by atoms with Gasteiger partial charge in [0, 0.05) is 17.8 Å². The van der Waals surface area contributed by atoms with Gasteiger partial charge in [0.15, 0.2) is 0 Å². The quantitative estimate of drug-likeness (QED) is 0.276. The number of fused-ring (bicyclic) bond motifs is 1. The zero-order valence-corrected chi connectivity index (χ0v) is 21.9. The molecule has 1 aliphatic heterocycles. The molecule has 1 unspecified atom stereocenters. The van der Waals surface area contributed by atoms with Crippen molar-refractivity contribution in [1.82, 2.24) is 9.62 Å². The molecule has 1 fully saturated rings. The van der Waals surface area contributed by atoms with Crippen molar-refractivity contribution >= 4 is 38.3 Å². The van der Waals surface area contributed by atoms with Crippen molar-refractivity contribution in [3.05, 3.63) is 95.6 Å². The fourth-order valence-corrected chi connectivity index (χ4v) is 7.19. The van der Waals surface area contributed by atoms with Gasteiger partial charge in [0.2, 0.25) is 5.91 Å². The van der Waals surface area contributed by atoms with Crippen molar-refractivity contribution < 1.29 is 26.9 Å². The van der Waals surface area contributed by atoms with Gasteiger partial charge in [-0.05, 0) is 65.8 Å². The highest BCUT2D eigenvalue weighted by molar-refractivity contribution is 7.85. The second-order valence-electron chi connectivity index (χ2n) is 9.00. The van der Waals surface area contributed by atoms with Crippen LogP contribution in [0.3, 0.4) is 0 Å². The zero-order valence-electron chi connectivity index (χ0n) is 20.2. The van der Waals surface area contributed by atoms with Crippen molar-refractivity contribution in [2.75, 3.05) is 6.54 Å². The minimum Gasteiger partial charge on any atom is -0.489 e. The van der Waals surface area contributed by atoms with Crippen LogP contribution >= 0.6 is 11.3 Å². The topological polar surface area (TPSA) is 58.6 Å². The fourth-order valence-electron chi connectivity index (χ4n) is 4.37. The van der Waals surface area contributed by atoms with Crippen LogP contribution in [0.1, 0.15) is 29.5 Å². The van der Waals surface area contributed by atoms with E-state index in [4.69, 9.17) is 4.74 Å². The number of hydrogen-bond acceptors (Lipinski definition) is 4. The summed E-state index contributed by atoms with van der Waals surface area (Å²) in [6.45, 7) is 0.983. The third-order valence-electron chi connectivity index (χ3n) is 6.35. The summed E-state index contributed by atoms with van der Waals surface area (Å²) in [7, 11) is -1.41. The lowest BCUT2D eigenvalue weighted by atomic mass is 10.1. The molecular formula is C28H25F3N2O3S2. The van der Waals surface area contributed by atoms with E-state index < -0.39 is 28.8 Å². The van der Waals surface area contributed by atoms with E-state index in [1.54, 1.807) is 22.5 Å². The van der Waals surface area contributed by atoms with Crippen molar-refractivity contribution in [1.29, 1.82) is 0 Å². The Kier molecular flexibility index (Phi) is 7.83. The maximum atomic E-state index is 13.3. The number of thiophene rings is 1. The van der Waals surface area contributed by atoms with Gasteiger partial charge in [0.25, 0.3) is 0 Å². The van der Waals surface area contributed by atoms with Crippen molar-refractivity contribution in [3.8, 4) is 5.75 Å². The molecule has 10 heteroatoms. The van der Waals surface area contributed by atoms with Gasteiger partial charge in [-0.1, -0.05) is 42.5 Å². The summed E-state index contributed by atoms with van der Waals surface area (Å²) in [5.41, 5.74) is 0.732. The van der Waals surface area contributed by atoms with Gasteiger partial charge in [0.05, 0.1) is 5.56 Å². The molecule has 2 heterocycles. The second-order valence-corrected chi connectivity index (χ2v) is 11.7. The first-order chi connectivity index (χ1) is 18.3. The first-order valence-electron chi connectivity index (χ1n) is 12.1. The van der Waals surface area contributed by atoms with Crippen LogP contribution in [0.25, 0.3) is 10.1 Å². The number of nitrogens with zero attached hydrogens (tertiary/aromatic N) is 1. The molecule has 38 heavy (non-hydrogen) atoms.